The highest BCUT2D eigenvalue weighted by molar-refractivity contribution is 7.89. The minimum Gasteiger partial charge on any atom is -0.256 e. The fourth-order valence-corrected chi connectivity index (χ4v) is 3.62. The van der Waals surface area contributed by atoms with Crippen LogP contribution in [0.15, 0.2) is 65.7 Å². The first-order valence-electron chi connectivity index (χ1n) is 7.82. The molecule has 0 aliphatic carbocycles. The molecule has 7 heteroatoms. The molecule has 0 radical (unpaired) electrons. The molecule has 2 aromatic carbocycles. The number of sulfonamides is 1. The van der Waals surface area contributed by atoms with E-state index in [0.29, 0.717) is 17.3 Å². The van der Waals surface area contributed by atoms with Gasteiger partial charge in [-0.2, -0.15) is 0 Å². The van der Waals surface area contributed by atoms with Crippen LogP contribution in [0.3, 0.4) is 0 Å². The molecular formula is C19H16F2N2O2S. The van der Waals surface area contributed by atoms with Crippen LogP contribution in [0.25, 0.3) is 11.3 Å². The molecule has 0 unspecified atom stereocenters. The number of pyridine rings is 1. The average molecular weight is 374 g/mol. The van der Waals surface area contributed by atoms with Crippen LogP contribution in [0.5, 0.6) is 0 Å². The summed E-state index contributed by atoms with van der Waals surface area (Å²) < 4.78 is 53.7. The third-order valence-corrected chi connectivity index (χ3v) is 5.16. The molecule has 0 saturated heterocycles. The van der Waals surface area contributed by atoms with Crippen LogP contribution in [0.4, 0.5) is 8.78 Å². The summed E-state index contributed by atoms with van der Waals surface area (Å²) in [6.45, 7) is 1.89. The lowest BCUT2D eigenvalue weighted by atomic mass is 10.0. The van der Waals surface area contributed by atoms with Gasteiger partial charge in [-0.15, -0.1) is 0 Å². The molecule has 0 spiro atoms. The van der Waals surface area contributed by atoms with Crippen LogP contribution >= 0.6 is 0 Å². The summed E-state index contributed by atoms with van der Waals surface area (Å²) in [5.41, 5.74) is 3.20. The fraction of sp³-hybridized carbons (Fsp3) is 0.105. The molecule has 4 nitrogen and oxygen atoms in total. The van der Waals surface area contributed by atoms with Gasteiger partial charge in [0.25, 0.3) is 0 Å². The maximum Gasteiger partial charge on any atom is 0.241 e. The molecule has 0 aliphatic heterocycles. The summed E-state index contributed by atoms with van der Waals surface area (Å²) in [5.74, 6) is -1.90. The molecule has 3 aromatic rings. The van der Waals surface area contributed by atoms with E-state index >= 15 is 0 Å². The number of rotatable bonds is 5. The Kier molecular flexibility index (Phi) is 5.11. The van der Waals surface area contributed by atoms with Gasteiger partial charge >= 0.3 is 0 Å². The summed E-state index contributed by atoms with van der Waals surface area (Å²) in [6, 6.07) is 13.3. The lowest BCUT2D eigenvalue weighted by molar-refractivity contribution is 0.561. The number of nitrogens with zero attached hydrogens (tertiary/aromatic N) is 1. The highest BCUT2D eigenvalue weighted by Crippen LogP contribution is 2.22. The molecule has 0 fully saturated rings. The minimum atomic E-state index is -4.07. The number of halogens is 2. The van der Waals surface area contributed by atoms with Crippen LogP contribution in [-0.4, -0.2) is 13.4 Å². The molecular weight excluding hydrogens is 358 g/mol. The molecule has 3 rings (SSSR count). The summed E-state index contributed by atoms with van der Waals surface area (Å²) >= 11 is 0. The van der Waals surface area contributed by atoms with Gasteiger partial charge in [-0.3, -0.25) is 4.98 Å². The molecule has 0 bridgehead atoms. The maximum atomic E-state index is 13.3. The molecule has 1 aromatic heterocycles. The molecule has 1 heterocycles. The zero-order chi connectivity index (χ0) is 18.7. The van der Waals surface area contributed by atoms with Crippen molar-refractivity contribution in [1.82, 2.24) is 9.71 Å². The van der Waals surface area contributed by atoms with Crippen LogP contribution in [0.1, 0.15) is 11.1 Å². The molecule has 0 saturated carbocycles. The van der Waals surface area contributed by atoms with Crippen LogP contribution in [-0.2, 0) is 16.6 Å². The normalized spacial score (nSPS) is 11.5. The second kappa shape index (κ2) is 7.31. The number of aromatic nitrogens is 1. The number of benzene rings is 2. The largest absolute Gasteiger partial charge is 0.256 e. The van der Waals surface area contributed by atoms with E-state index < -0.39 is 26.6 Å². The van der Waals surface area contributed by atoms with Crippen molar-refractivity contribution < 1.29 is 17.2 Å². The van der Waals surface area contributed by atoms with Crippen LogP contribution < -0.4 is 4.72 Å². The Morgan fingerprint density at radius 2 is 1.73 bits per heavy atom. The quantitative estimate of drug-likeness (QED) is 0.739. The van der Waals surface area contributed by atoms with Gasteiger partial charge in [0, 0.05) is 24.4 Å². The number of hydrogen-bond donors (Lipinski definition) is 1. The molecule has 0 atom stereocenters. The number of hydrogen-bond acceptors (Lipinski definition) is 3. The lowest BCUT2D eigenvalue weighted by Crippen LogP contribution is -2.24. The monoisotopic (exact) mass is 374 g/mol. The van der Waals surface area contributed by atoms with E-state index in [2.05, 4.69) is 9.71 Å². The predicted molar refractivity (Wildman–Crippen MR) is 94.8 cm³/mol. The van der Waals surface area contributed by atoms with E-state index in [0.717, 1.165) is 23.3 Å². The summed E-state index contributed by atoms with van der Waals surface area (Å²) in [4.78, 5) is 3.87. The molecule has 134 valence electrons. The van der Waals surface area contributed by atoms with Crippen LogP contribution in [0.2, 0.25) is 0 Å². The summed E-state index contributed by atoms with van der Waals surface area (Å²) in [5, 5.41) is 0. The van der Waals surface area contributed by atoms with E-state index in [1.807, 2.05) is 31.2 Å². The molecule has 0 amide bonds. The highest BCUT2D eigenvalue weighted by Gasteiger charge is 2.17. The average Bonchev–Trinajstić information content (AvgIpc) is 2.59. The highest BCUT2D eigenvalue weighted by atomic mass is 32.2. The third-order valence-electron chi connectivity index (χ3n) is 3.78. The third kappa shape index (κ3) is 4.12. The van der Waals surface area contributed by atoms with Crippen molar-refractivity contribution >= 4 is 10.0 Å². The SMILES string of the molecule is Cc1cccc(-c2ncccc2CNS(=O)(=O)c2cc(F)cc(F)c2)c1. The maximum absolute atomic E-state index is 13.3. The Balaban J connectivity index is 1.88. The molecule has 26 heavy (non-hydrogen) atoms. The minimum absolute atomic E-state index is 0.0580. The standard InChI is InChI=1S/C19H16F2N2O2S/c1-13-4-2-5-14(8-13)19-15(6-3-7-22-19)12-23-26(24,25)18-10-16(20)9-17(21)11-18/h2-11,23H,12H2,1H3. The van der Waals surface area contributed by atoms with Crippen LogP contribution in [0, 0.1) is 18.6 Å². The second-order valence-electron chi connectivity index (χ2n) is 5.81. The van der Waals surface area contributed by atoms with Gasteiger partial charge in [0.2, 0.25) is 10.0 Å². The first-order valence-corrected chi connectivity index (χ1v) is 9.30. The van der Waals surface area contributed by atoms with Gasteiger partial charge in [-0.25, -0.2) is 21.9 Å². The molecule has 1 N–H and O–H groups in total. The first-order chi connectivity index (χ1) is 12.3. The van der Waals surface area contributed by atoms with Gasteiger partial charge in [0.1, 0.15) is 11.6 Å². The Bertz CT molecular complexity index is 1030. The van der Waals surface area contributed by atoms with E-state index in [1.54, 1.807) is 18.3 Å². The molecule has 0 aliphatic rings. The van der Waals surface area contributed by atoms with E-state index in [1.165, 1.54) is 0 Å². The first kappa shape index (κ1) is 18.2. The van der Waals surface area contributed by atoms with Crippen molar-refractivity contribution in [2.75, 3.05) is 0 Å². The fourth-order valence-electron chi connectivity index (χ4n) is 2.57. The van der Waals surface area contributed by atoms with Crippen molar-refractivity contribution in [1.29, 1.82) is 0 Å². The van der Waals surface area contributed by atoms with Gasteiger partial charge < -0.3 is 0 Å². The van der Waals surface area contributed by atoms with E-state index in [4.69, 9.17) is 0 Å². The Morgan fingerprint density at radius 3 is 2.42 bits per heavy atom. The van der Waals surface area contributed by atoms with Crippen molar-refractivity contribution in [3.63, 3.8) is 0 Å². The van der Waals surface area contributed by atoms with Gasteiger partial charge in [0.15, 0.2) is 0 Å². The summed E-state index contributed by atoms with van der Waals surface area (Å²) in [6.07, 6.45) is 1.62. The van der Waals surface area contributed by atoms with E-state index in [-0.39, 0.29) is 6.54 Å². The zero-order valence-corrected chi connectivity index (χ0v) is 14.7. The Labute approximate surface area is 150 Å². The Morgan fingerprint density at radius 1 is 1.00 bits per heavy atom. The van der Waals surface area contributed by atoms with E-state index in [9.17, 15) is 17.2 Å². The zero-order valence-electron chi connectivity index (χ0n) is 13.9. The second-order valence-corrected chi connectivity index (χ2v) is 7.58. The van der Waals surface area contributed by atoms with Crippen molar-refractivity contribution in [2.45, 2.75) is 18.4 Å². The predicted octanol–water partition coefficient (Wildman–Crippen LogP) is 3.81. The van der Waals surface area contributed by atoms with Gasteiger partial charge in [-0.05, 0) is 36.8 Å². The van der Waals surface area contributed by atoms with Crippen molar-refractivity contribution in [2.24, 2.45) is 0 Å². The van der Waals surface area contributed by atoms with Crippen molar-refractivity contribution in [3.05, 3.63) is 83.6 Å². The lowest BCUT2D eigenvalue weighted by Gasteiger charge is -2.11. The Hall–Kier alpha value is -2.64. The van der Waals surface area contributed by atoms with Gasteiger partial charge in [0.05, 0.1) is 10.6 Å². The topological polar surface area (TPSA) is 59.1 Å². The number of nitrogens with one attached hydrogen (secondary N) is 1. The summed E-state index contributed by atoms with van der Waals surface area (Å²) in [7, 11) is -4.07. The van der Waals surface area contributed by atoms with Gasteiger partial charge in [-0.1, -0.05) is 29.8 Å². The smallest absolute Gasteiger partial charge is 0.241 e. The van der Waals surface area contributed by atoms with Crippen molar-refractivity contribution in [3.8, 4) is 11.3 Å². The number of aryl methyl sites for hydroxylation is 1.